The van der Waals surface area contributed by atoms with Crippen LogP contribution in [0.1, 0.15) is 28.4 Å². The molecule has 4 nitrogen and oxygen atoms in total. The molecule has 0 bridgehead atoms. The van der Waals surface area contributed by atoms with Gasteiger partial charge in [0, 0.05) is 24.8 Å². The van der Waals surface area contributed by atoms with Crippen LogP contribution in [0.4, 0.5) is 8.78 Å². The van der Waals surface area contributed by atoms with E-state index in [-0.39, 0.29) is 5.52 Å². The van der Waals surface area contributed by atoms with Gasteiger partial charge in [0.1, 0.15) is 5.82 Å². The number of ether oxygens (including phenoxy) is 1. The van der Waals surface area contributed by atoms with Crippen molar-refractivity contribution in [3.63, 3.8) is 0 Å². The molecule has 0 fully saturated rings. The van der Waals surface area contributed by atoms with E-state index >= 15 is 0 Å². The average Bonchev–Trinajstić information content (AvgIpc) is 3.12. The number of aromatic nitrogens is 1. The molecule has 3 aromatic carbocycles. The summed E-state index contributed by atoms with van der Waals surface area (Å²) < 4.78 is 35.5. The second-order valence-electron chi connectivity index (χ2n) is 7.24. The number of hydrogen-bond acceptors (Lipinski definition) is 3. The molecular weight excluding hydrogens is 430 g/mol. The van der Waals surface area contributed by atoms with E-state index in [0.29, 0.717) is 34.8 Å². The van der Waals surface area contributed by atoms with Crippen molar-refractivity contribution in [2.75, 3.05) is 13.2 Å². The molecular formula is C25H22F2N2O2S. The molecule has 0 aliphatic heterocycles. The summed E-state index contributed by atoms with van der Waals surface area (Å²) in [5.74, 6) is -1.79. The van der Waals surface area contributed by atoms with Crippen LogP contribution >= 0.6 is 11.3 Å². The topological polar surface area (TPSA) is 43.6 Å². The van der Waals surface area contributed by atoms with Crippen LogP contribution in [0, 0.1) is 11.6 Å². The summed E-state index contributed by atoms with van der Waals surface area (Å²) in [6.45, 7) is 3.01. The van der Waals surface area contributed by atoms with E-state index in [0.717, 1.165) is 29.4 Å². The zero-order valence-corrected chi connectivity index (χ0v) is 18.4. The third kappa shape index (κ3) is 5.00. The Morgan fingerprint density at radius 2 is 1.75 bits per heavy atom. The maximum Gasteiger partial charge on any atom is 0.279 e. The largest absolute Gasteiger partial charge is 0.380 e. The third-order valence-electron chi connectivity index (χ3n) is 5.01. The molecule has 0 unspecified atom stereocenters. The molecule has 4 aromatic rings. The second-order valence-corrected chi connectivity index (χ2v) is 8.25. The number of nitrogens with zero attached hydrogens (tertiary/aromatic N) is 2. The van der Waals surface area contributed by atoms with Gasteiger partial charge in [0.15, 0.2) is 10.6 Å². The Hall–Kier alpha value is -3.16. The summed E-state index contributed by atoms with van der Waals surface area (Å²) >= 11 is 1.08. The van der Waals surface area contributed by atoms with E-state index in [4.69, 9.17) is 4.74 Å². The Kier molecular flexibility index (Phi) is 6.87. The fraction of sp³-hybridized carbons (Fsp3) is 0.200. The van der Waals surface area contributed by atoms with Gasteiger partial charge in [-0.2, -0.15) is 4.99 Å². The minimum absolute atomic E-state index is 0.223. The Labute approximate surface area is 188 Å². The van der Waals surface area contributed by atoms with Crippen LogP contribution in [-0.4, -0.2) is 23.7 Å². The van der Waals surface area contributed by atoms with Gasteiger partial charge in [0.25, 0.3) is 5.91 Å². The van der Waals surface area contributed by atoms with Crippen molar-refractivity contribution in [3.8, 4) is 0 Å². The van der Waals surface area contributed by atoms with Crippen molar-refractivity contribution in [3.05, 3.63) is 99.9 Å². The fourth-order valence-corrected chi connectivity index (χ4v) is 4.56. The van der Waals surface area contributed by atoms with Gasteiger partial charge in [0.2, 0.25) is 0 Å². The maximum absolute atomic E-state index is 14.5. The molecule has 1 aromatic heterocycles. The number of carbonyl (C=O) groups excluding carboxylic acids is 1. The first-order chi connectivity index (χ1) is 15.5. The minimum atomic E-state index is -0.688. The van der Waals surface area contributed by atoms with Gasteiger partial charge in [0.05, 0.1) is 16.8 Å². The molecule has 1 amide bonds. The molecule has 0 aliphatic rings. The normalized spacial score (nSPS) is 11.9. The lowest BCUT2D eigenvalue weighted by Gasteiger charge is -2.06. The number of fused-ring (bicyclic) bond motifs is 1. The van der Waals surface area contributed by atoms with Crippen LogP contribution in [0.2, 0.25) is 0 Å². The molecule has 0 saturated heterocycles. The molecule has 0 spiro atoms. The van der Waals surface area contributed by atoms with E-state index in [2.05, 4.69) is 17.1 Å². The second kappa shape index (κ2) is 9.97. The molecule has 7 heteroatoms. The number of halogens is 2. The third-order valence-corrected chi connectivity index (χ3v) is 6.03. The SMILES string of the molecule is CCOCCn1c(=NC(=O)c2ccc(Cc3ccccc3)cc2)sc2cc(F)cc(F)c21. The van der Waals surface area contributed by atoms with Crippen LogP contribution in [0.5, 0.6) is 0 Å². The number of thiazole rings is 1. The zero-order chi connectivity index (χ0) is 22.5. The number of rotatable bonds is 7. The fourth-order valence-electron chi connectivity index (χ4n) is 3.47. The van der Waals surface area contributed by atoms with E-state index in [1.54, 1.807) is 16.7 Å². The highest BCUT2D eigenvalue weighted by Gasteiger charge is 2.14. The van der Waals surface area contributed by atoms with E-state index in [9.17, 15) is 13.6 Å². The van der Waals surface area contributed by atoms with Crippen LogP contribution in [0.15, 0.2) is 71.7 Å². The predicted molar refractivity (Wildman–Crippen MR) is 122 cm³/mol. The van der Waals surface area contributed by atoms with E-state index in [1.807, 2.05) is 37.3 Å². The lowest BCUT2D eigenvalue weighted by atomic mass is 10.0. The molecule has 4 rings (SSSR count). The molecule has 1 heterocycles. The standard InChI is InChI=1S/C25H22F2N2O2S/c1-2-31-13-12-29-23-21(27)15-20(26)16-22(23)32-25(29)28-24(30)19-10-8-18(9-11-19)14-17-6-4-3-5-7-17/h3-11,15-16H,2,12-14H2,1H3. The van der Waals surface area contributed by atoms with E-state index < -0.39 is 17.5 Å². The van der Waals surface area contributed by atoms with Crippen LogP contribution < -0.4 is 4.80 Å². The molecule has 164 valence electrons. The van der Waals surface area contributed by atoms with Gasteiger partial charge in [-0.3, -0.25) is 4.79 Å². The highest BCUT2D eigenvalue weighted by atomic mass is 32.1. The smallest absolute Gasteiger partial charge is 0.279 e. The summed E-state index contributed by atoms with van der Waals surface area (Å²) in [6.07, 6.45) is 0.769. The summed E-state index contributed by atoms with van der Waals surface area (Å²) in [7, 11) is 0. The Morgan fingerprint density at radius 3 is 2.47 bits per heavy atom. The quantitative estimate of drug-likeness (QED) is 0.355. The lowest BCUT2D eigenvalue weighted by molar-refractivity contribution is 0.0996. The summed E-state index contributed by atoms with van der Waals surface area (Å²) in [5, 5.41) is 0. The van der Waals surface area contributed by atoms with Crippen molar-refractivity contribution in [2.45, 2.75) is 19.9 Å². The van der Waals surface area contributed by atoms with Gasteiger partial charge in [-0.1, -0.05) is 53.8 Å². The molecule has 0 N–H and O–H groups in total. The lowest BCUT2D eigenvalue weighted by Crippen LogP contribution is -2.20. The molecule has 32 heavy (non-hydrogen) atoms. The highest BCUT2D eigenvalue weighted by Crippen LogP contribution is 2.22. The Morgan fingerprint density at radius 1 is 1.03 bits per heavy atom. The number of amides is 1. The number of carbonyl (C=O) groups is 1. The van der Waals surface area contributed by atoms with Crippen molar-refractivity contribution in [1.82, 2.24) is 4.57 Å². The van der Waals surface area contributed by atoms with Crippen LogP contribution in [-0.2, 0) is 17.7 Å². The van der Waals surface area contributed by atoms with Crippen molar-refractivity contribution < 1.29 is 18.3 Å². The average molecular weight is 453 g/mol. The van der Waals surface area contributed by atoms with Crippen LogP contribution in [0.25, 0.3) is 10.2 Å². The molecule has 0 radical (unpaired) electrons. The number of hydrogen-bond donors (Lipinski definition) is 0. The van der Waals surface area contributed by atoms with Gasteiger partial charge in [-0.05, 0) is 42.7 Å². The Balaban J connectivity index is 1.65. The first-order valence-corrected chi connectivity index (χ1v) is 11.1. The van der Waals surface area contributed by atoms with Crippen molar-refractivity contribution >= 4 is 27.5 Å². The van der Waals surface area contributed by atoms with Crippen molar-refractivity contribution in [1.29, 1.82) is 0 Å². The van der Waals surface area contributed by atoms with Gasteiger partial charge in [-0.25, -0.2) is 8.78 Å². The summed E-state index contributed by atoms with van der Waals surface area (Å²) in [6, 6.07) is 19.4. The molecule has 0 aliphatic carbocycles. The first kappa shape index (κ1) is 22.0. The number of benzene rings is 3. The first-order valence-electron chi connectivity index (χ1n) is 10.3. The van der Waals surface area contributed by atoms with Crippen molar-refractivity contribution in [2.24, 2.45) is 4.99 Å². The maximum atomic E-state index is 14.5. The summed E-state index contributed by atoms with van der Waals surface area (Å²) in [4.78, 5) is 17.4. The predicted octanol–water partition coefficient (Wildman–Crippen LogP) is 5.35. The Bertz CT molecular complexity index is 1300. The van der Waals surface area contributed by atoms with Gasteiger partial charge >= 0.3 is 0 Å². The monoisotopic (exact) mass is 452 g/mol. The van der Waals surface area contributed by atoms with Gasteiger partial charge < -0.3 is 9.30 Å². The van der Waals surface area contributed by atoms with Gasteiger partial charge in [-0.15, -0.1) is 0 Å². The summed E-state index contributed by atoms with van der Waals surface area (Å²) in [5.41, 5.74) is 2.92. The minimum Gasteiger partial charge on any atom is -0.380 e. The van der Waals surface area contributed by atoms with Crippen LogP contribution in [0.3, 0.4) is 0 Å². The molecule has 0 saturated carbocycles. The van der Waals surface area contributed by atoms with E-state index in [1.165, 1.54) is 11.6 Å². The molecule has 0 atom stereocenters. The zero-order valence-electron chi connectivity index (χ0n) is 17.6. The highest BCUT2D eigenvalue weighted by molar-refractivity contribution is 7.16.